The van der Waals surface area contributed by atoms with Crippen LogP contribution in [0.25, 0.3) is 0 Å². The van der Waals surface area contributed by atoms with Gasteiger partial charge in [0.15, 0.2) is 0 Å². The molecular formula is C6H6BNaO3S. The van der Waals surface area contributed by atoms with Crippen molar-refractivity contribution in [1.29, 1.82) is 0 Å². The largest absolute Gasteiger partial charge is 1.00 e. The van der Waals surface area contributed by atoms with Crippen LogP contribution in [0.2, 0.25) is 0 Å². The third-order valence-corrected chi connectivity index (χ3v) is 2.16. The van der Waals surface area contributed by atoms with Gasteiger partial charge in [-0.05, 0) is 12.1 Å². The van der Waals surface area contributed by atoms with Crippen LogP contribution in [0.1, 0.15) is 0 Å². The molecule has 0 amide bonds. The molecule has 0 heterocycles. The summed E-state index contributed by atoms with van der Waals surface area (Å²) in [5, 5.41) is 0. The maximum atomic E-state index is 10.4. The summed E-state index contributed by atoms with van der Waals surface area (Å²) in [6.45, 7) is 0. The van der Waals surface area contributed by atoms with Crippen LogP contribution in [0.5, 0.6) is 0 Å². The van der Waals surface area contributed by atoms with Crippen molar-refractivity contribution in [3.05, 3.63) is 24.3 Å². The van der Waals surface area contributed by atoms with Crippen molar-refractivity contribution >= 4 is 23.4 Å². The molecule has 0 aromatic heterocycles. The van der Waals surface area contributed by atoms with E-state index in [0.29, 0.717) is 0 Å². The molecule has 0 fully saturated rings. The molecule has 0 spiro atoms. The molecule has 1 rings (SSSR count). The molecule has 0 N–H and O–H groups in total. The van der Waals surface area contributed by atoms with Crippen LogP contribution < -0.4 is 35.0 Å². The van der Waals surface area contributed by atoms with E-state index in [2.05, 4.69) is 0 Å². The van der Waals surface area contributed by atoms with E-state index in [-0.39, 0.29) is 34.5 Å². The van der Waals surface area contributed by atoms with E-state index in [4.69, 9.17) is 0 Å². The fourth-order valence-corrected chi connectivity index (χ4v) is 1.17. The Morgan fingerprint density at radius 2 is 1.58 bits per heavy atom. The average molecular weight is 192 g/mol. The van der Waals surface area contributed by atoms with Crippen molar-refractivity contribution in [3.63, 3.8) is 0 Å². The van der Waals surface area contributed by atoms with Gasteiger partial charge in [-0.2, -0.15) is 0 Å². The Bertz CT molecular complexity index is 346. The maximum absolute atomic E-state index is 10.4. The summed E-state index contributed by atoms with van der Waals surface area (Å²) in [6, 6.07) is 5.78. The SMILES string of the molecule is Bc1ccc(S(=O)(=O)[O-])cc1.[Na+]. The molecule has 0 saturated carbocycles. The van der Waals surface area contributed by atoms with Crippen molar-refractivity contribution < 1.29 is 42.5 Å². The first-order valence-electron chi connectivity index (χ1n) is 3.03. The van der Waals surface area contributed by atoms with Crippen LogP contribution >= 0.6 is 0 Å². The monoisotopic (exact) mass is 192 g/mol. The predicted molar refractivity (Wildman–Crippen MR) is 42.6 cm³/mol. The van der Waals surface area contributed by atoms with E-state index in [0.717, 1.165) is 5.46 Å². The second-order valence-corrected chi connectivity index (χ2v) is 3.65. The number of hydrogen-bond donors (Lipinski definition) is 0. The summed E-state index contributed by atoms with van der Waals surface area (Å²) >= 11 is 0. The molecule has 0 aliphatic carbocycles. The molecule has 1 aromatic carbocycles. The Balaban J connectivity index is 0.00000121. The molecule has 0 aliphatic heterocycles. The molecule has 0 bridgehead atoms. The van der Waals surface area contributed by atoms with Crippen LogP contribution in [-0.4, -0.2) is 20.8 Å². The van der Waals surface area contributed by atoms with Crippen molar-refractivity contribution in [2.75, 3.05) is 0 Å². The summed E-state index contributed by atoms with van der Waals surface area (Å²) in [4.78, 5) is -0.178. The second kappa shape index (κ2) is 4.44. The molecule has 1 aromatic rings. The number of rotatable bonds is 1. The standard InChI is InChI=1S/C6H7BO3S.Na/c7-5-1-3-6(4-2-5)11(8,9)10;/h1-4H,7H2,(H,8,9,10);/q;+1/p-1. The normalized spacial score (nSPS) is 10.4. The van der Waals surface area contributed by atoms with Crippen LogP contribution in [-0.2, 0) is 10.1 Å². The zero-order chi connectivity index (χ0) is 8.48. The Hall–Kier alpha value is 0.195. The topological polar surface area (TPSA) is 57.2 Å². The van der Waals surface area contributed by atoms with Gasteiger partial charge in [-0.1, -0.05) is 17.6 Å². The summed E-state index contributed by atoms with van der Waals surface area (Å²) < 4.78 is 31.2. The van der Waals surface area contributed by atoms with Crippen molar-refractivity contribution in [2.45, 2.75) is 4.90 Å². The fourth-order valence-electron chi connectivity index (χ4n) is 0.705. The van der Waals surface area contributed by atoms with E-state index in [1.807, 2.05) is 7.85 Å². The Morgan fingerprint density at radius 3 is 1.92 bits per heavy atom. The van der Waals surface area contributed by atoms with Crippen molar-refractivity contribution in [3.8, 4) is 0 Å². The van der Waals surface area contributed by atoms with Gasteiger partial charge in [-0.15, -0.1) is 0 Å². The molecule has 0 radical (unpaired) electrons. The van der Waals surface area contributed by atoms with Gasteiger partial charge in [0.05, 0.1) is 4.90 Å². The van der Waals surface area contributed by atoms with Gasteiger partial charge < -0.3 is 4.55 Å². The van der Waals surface area contributed by atoms with E-state index < -0.39 is 10.1 Å². The van der Waals surface area contributed by atoms with Gasteiger partial charge in [-0.3, -0.25) is 0 Å². The van der Waals surface area contributed by atoms with Crippen LogP contribution in [0.3, 0.4) is 0 Å². The molecule has 0 atom stereocenters. The van der Waals surface area contributed by atoms with Gasteiger partial charge in [0, 0.05) is 0 Å². The number of hydrogen-bond acceptors (Lipinski definition) is 3. The molecule has 3 nitrogen and oxygen atoms in total. The number of benzene rings is 1. The summed E-state index contributed by atoms with van der Waals surface area (Å²) in [7, 11) is -2.45. The zero-order valence-corrected chi connectivity index (χ0v) is 9.76. The molecule has 0 unspecified atom stereocenters. The first kappa shape index (κ1) is 12.2. The molecule has 0 saturated heterocycles. The van der Waals surface area contributed by atoms with E-state index >= 15 is 0 Å². The second-order valence-electron chi connectivity index (χ2n) is 2.27. The Kier molecular flexibility index (Phi) is 4.51. The van der Waals surface area contributed by atoms with Crippen molar-refractivity contribution in [2.24, 2.45) is 0 Å². The first-order chi connectivity index (χ1) is 5.00. The van der Waals surface area contributed by atoms with Gasteiger partial charge in [0.2, 0.25) is 0 Å². The van der Waals surface area contributed by atoms with Crippen molar-refractivity contribution in [1.82, 2.24) is 0 Å². The zero-order valence-electron chi connectivity index (χ0n) is 6.94. The molecule has 0 aliphatic rings. The molecule has 6 heteroatoms. The van der Waals surface area contributed by atoms with Gasteiger partial charge in [0.1, 0.15) is 18.0 Å². The molecule has 12 heavy (non-hydrogen) atoms. The average Bonchev–Trinajstić information content (AvgIpc) is 1.86. The van der Waals surface area contributed by atoms with E-state index in [1.54, 1.807) is 12.1 Å². The Morgan fingerprint density at radius 1 is 1.17 bits per heavy atom. The quantitative estimate of drug-likeness (QED) is 0.335. The minimum Gasteiger partial charge on any atom is -0.744 e. The third-order valence-electron chi connectivity index (χ3n) is 1.31. The third kappa shape index (κ3) is 3.29. The Labute approximate surface area is 94.6 Å². The smallest absolute Gasteiger partial charge is 0.744 e. The van der Waals surface area contributed by atoms with E-state index in [1.165, 1.54) is 12.1 Å². The minimum atomic E-state index is -4.27. The van der Waals surface area contributed by atoms with Gasteiger partial charge >= 0.3 is 29.6 Å². The minimum absolute atomic E-state index is 0. The predicted octanol–water partition coefficient (Wildman–Crippen LogP) is -4.15. The van der Waals surface area contributed by atoms with E-state index in [9.17, 15) is 13.0 Å². The summed E-state index contributed by atoms with van der Waals surface area (Å²) in [5.74, 6) is 0. The van der Waals surface area contributed by atoms with Gasteiger partial charge in [0.25, 0.3) is 0 Å². The van der Waals surface area contributed by atoms with Crippen LogP contribution in [0.4, 0.5) is 0 Å². The molecular weight excluding hydrogens is 186 g/mol. The summed E-state index contributed by atoms with van der Waals surface area (Å²) in [6.07, 6.45) is 0. The van der Waals surface area contributed by atoms with Crippen LogP contribution in [0.15, 0.2) is 29.2 Å². The molecule has 58 valence electrons. The van der Waals surface area contributed by atoms with Crippen LogP contribution in [0, 0.1) is 0 Å². The maximum Gasteiger partial charge on any atom is 1.00 e. The fraction of sp³-hybridized carbons (Fsp3) is 0. The first-order valence-corrected chi connectivity index (χ1v) is 4.43. The van der Waals surface area contributed by atoms with Gasteiger partial charge in [-0.25, -0.2) is 8.42 Å². The summed E-state index contributed by atoms with van der Waals surface area (Å²) in [5.41, 5.74) is 0.928.